The molecule has 5 rings (SSSR count). The molecule has 0 bridgehead atoms. The van der Waals surface area contributed by atoms with Gasteiger partial charge in [-0.05, 0) is 71.6 Å². The fraction of sp³-hybridized carbons (Fsp3) is 0.308. The zero-order valence-electron chi connectivity index (χ0n) is 19.8. The smallest absolute Gasteiger partial charge is 0.252 e. The molecular weight excluding hydrogens is 444 g/mol. The lowest BCUT2D eigenvalue weighted by molar-refractivity contribution is 0.144. The Hall–Kier alpha value is -3.98. The summed E-state index contributed by atoms with van der Waals surface area (Å²) < 4.78 is 13.0. The Kier molecular flexibility index (Phi) is 6.58. The molecule has 0 spiro atoms. The molecule has 35 heavy (non-hydrogen) atoms. The molecule has 9 nitrogen and oxygen atoms in total. The van der Waals surface area contributed by atoms with Crippen LogP contribution in [-0.2, 0) is 19.6 Å². The van der Waals surface area contributed by atoms with Crippen LogP contribution in [0.4, 0.5) is 0 Å². The molecule has 5 aromatic rings. The SMILES string of the molecule is CCC[C@H](c1nnnn1Cc1ccco1)N(Cc1ccco1)Cc1cc2cc(C)ccc2[nH]c1=O. The molecule has 0 unspecified atom stereocenters. The first kappa shape index (κ1) is 22.8. The molecule has 1 aromatic carbocycles. The van der Waals surface area contributed by atoms with Crippen molar-refractivity contribution >= 4 is 10.9 Å². The molecule has 0 aliphatic carbocycles. The number of rotatable bonds is 10. The largest absolute Gasteiger partial charge is 0.468 e. The number of hydrogen-bond donors (Lipinski definition) is 1. The first-order valence-electron chi connectivity index (χ1n) is 11.8. The quantitative estimate of drug-likeness (QED) is 0.317. The summed E-state index contributed by atoms with van der Waals surface area (Å²) in [5, 5.41) is 13.6. The average Bonchev–Trinajstić information content (AvgIpc) is 3.62. The van der Waals surface area contributed by atoms with Crippen molar-refractivity contribution in [3.8, 4) is 0 Å². The lowest BCUT2D eigenvalue weighted by Crippen LogP contribution is -2.32. The van der Waals surface area contributed by atoms with Gasteiger partial charge in [-0.3, -0.25) is 9.69 Å². The highest BCUT2D eigenvalue weighted by Crippen LogP contribution is 2.28. The van der Waals surface area contributed by atoms with Crippen molar-refractivity contribution in [2.24, 2.45) is 0 Å². The second-order valence-electron chi connectivity index (χ2n) is 8.78. The third-order valence-electron chi connectivity index (χ3n) is 6.14. The van der Waals surface area contributed by atoms with E-state index < -0.39 is 0 Å². The van der Waals surface area contributed by atoms with E-state index in [1.54, 1.807) is 17.2 Å². The summed E-state index contributed by atoms with van der Waals surface area (Å²) in [6, 6.07) is 15.4. The zero-order chi connectivity index (χ0) is 24.2. The molecule has 1 N–H and O–H groups in total. The van der Waals surface area contributed by atoms with Crippen LogP contribution in [0.15, 0.2) is 74.7 Å². The molecule has 0 aliphatic heterocycles. The van der Waals surface area contributed by atoms with Gasteiger partial charge in [-0.15, -0.1) is 5.10 Å². The van der Waals surface area contributed by atoms with Crippen LogP contribution < -0.4 is 5.56 Å². The maximum atomic E-state index is 13.0. The summed E-state index contributed by atoms with van der Waals surface area (Å²) in [4.78, 5) is 18.3. The van der Waals surface area contributed by atoms with Crippen LogP contribution in [0.5, 0.6) is 0 Å². The molecule has 4 heterocycles. The second kappa shape index (κ2) is 10.1. The standard InChI is InChI=1S/C26H28N6O3/c1-3-6-24(25-28-29-30-32(25)17-22-8-5-12-35-22)31(16-21-7-4-11-34-21)15-20-14-19-13-18(2)9-10-23(19)27-26(20)33/h4-5,7-14,24H,3,6,15-17H2,1-2H3,(H,27,33)/t24-/m1/s1. The topological polar surface area (TPSA) is 106 Å². The van der Waals surface area contributed by atoms with Crippen LogP contribution in [0.1, 0.15) is 54.3 Å². The second-order valence-corrected chi connectivity index (χ2v) is 8.78. The van der Waals surface area contributed by atoms with Crippen molar-refractivity contribution in [2.45, 2.75) is 52.4 Å². The van der Waals surface area contributed by atoms with Gasteiger partial charge in [0.05, 0.1) is 25.1 Å². The normalized spacial score (nSPS) is 12.5. The van der Waals surface area contributed by atoms with Gasteiger partial charge in [0, 0.05) is 17.6 Å². The number of furan rings is 2. The lowest BCUT2D eigenvalue weighted by atomic mass is 10.1. The van der Waals surface area contributed by atoms with Crippen molar-refractivity contribution in [3.63, 3.8) is 0 Å². The van der Waals surface area contributed by atoms with E-state index in [0.29, 0.717) is 25.2 Å². The Morgan fingerprint density at radius 2 is 1.86 bits per heavy atom. The highest BCUT2D eigenvalue weighted by molar-refractivity contribution is 5.79. The van der Waals surface area contributed by atoms with E-state index in [4.69, 9.17) is 8.83 Å². The number of aromatic amines is 1. The van der Waals surface area contributed by atoms with Crippen LogP contribution in [0, 0.1) is 6.92 Å². The molecule has 0 aliphatic rings. The maximum Gasteiger partial charge on any atom is 0.252 e. The van der Waals surface area contributed by atoms with Gasteiger partial charge in [-0.25, -0.2) is 4.68 Å². The maximum absolute atomic E-state index is 13.0. The third kappa shape index (κ3) is 5.09. The number of aryl methyl sites for hydroxylation is 1. The molecule has 0 saturated heterocycles. The minimum atomic E-state index is -0.136. The van der Waals surface area contributed by atoms with E-state index in [9.17, 15) is 4.79 Å². The van der Waals surface area contributed by atoms with Crippen LogP contribution >= 0.6 is 0 Å². The molecular formula is C26H28N6O3. The van der Waals surface area contributed by atoms with Crippen molar-refractivity contribution in [2.75, 3.05) is 0 Å². The van der Waals surface area contributed by atoms with Crippen LogP contribution in [0.2, 0.25) is 0 Å². The number of fused-ring (bicyclic) bond motifs is 1. The van der Waals surface area contributed by atoms with Gasteiger partial charge in [0.25, 0.3) is 5.56 Å². The molecule has 0 amide bonds. The monoisotopic (exact) mass is 472 g/mol. The van der Waals surface area contributed by atoms with E-state index in [1.807, 2.05) is 49.4 Å². The van der Waals surface area contributed by atoms with E-state index in [1.165, 1.54) is 0 Å². The molecule has 180 valence electrons. The number of aromatic nitrogens is 5. The number of tetrazole rings is 1. The molecule has 0 saturated carbocycles. The highest BCUT2D eigenvalue weighted by Gasteiger charge is 2.27. The number of hydrogen-bond acceptors (Lipinski definition) is 7. The predicted octanol–water partition coefficient (Wildman–Crippen LogP) is 4.60. The lowest BCUT2D eigenvalue weighted by Gasteiger charge is -2.30. The predicted molar refractivity (Wildman–Crippen MR) is 131 cm³/mol. The van der Waals surface area contributed by atoms with Gasteiger partial charge in [-0.2, -0.15) is 0 Å². The van der Waals surface area contributed by atoms with Crippen LogP contribution in [-0.4, -0.2) is 30.1 Å². The van der Waals surface area contributed by atoms with E-state index in [2.05, 4.69) is 38.4 Å². The Morgan fingerprint density at radius 1 is 1.06 bits per heavy atom. The summed E-state index contributed by atoms with van der Waals surface area (Å²) in [6.07, 6.45) is 5.03. The fourth-order valence-electron chi connectivity index (χ4n) is 4.45. The van der Waals surface area contributed by atoms with Crippen LogP contribution in [0.25, 0.3) is 10.9 Å². The molecule has 1 atom stereocenters. The Labute approximate surface area is 202 Å². The number of nitrogens with one attached hydrogen (secondary N) is 1. The van der Waals surface area contributed by atoms with Gasteiger partial charge < -0.3 is 13.8 Å². The Bertz CT molecular complexity index is 1440. The first-order chi connectivity index (χ1) is 17.1. The van der Waals surface area contributed by atoms with Gasteiger partial charge in [0.1, 0.15) is 18.1 Å². The number of H-pyrrole nitrogens is 1. The van der Waals surface area contributed by atoms with Gasteiger partial charge >= 0.3 is 0 Å². The highest BCUT2D eigenvalue weighted by atomic mass is 16.3. The summed E-state index contributed by atoms with van der Waals surface area (Å²) in [5.74, 6) is 2.31. The van der Waals surface area contributed by atoms with Gasteiger partial charge in [-0.1, -0.05) is 25.0 Å². The van der Waals surface area contributed by atoms with E-state index in [0.717, 1.165) is 46.7 Å². The van der Waals surface area contributed by atoms with Crippen LogP contribution in [0.3, 0.4) is 0 Å². The average molecular weight is 473 g/mol. The minimum absolute atomic E-state index is 0.101. The number of nitrogens with zero attached hydrogens (tertiary/aromatic N) is 5. The summed E-state index contributed by atoms with van der Waals surface area (Å²) in [5.41, 5.74) is 2.55. The molecule has 0 radical (unpaired) electrons. The first-order valence-corrected chi connectivity index (χ1v) is 11.8. The van der Waals surface area contributed by atoms with Crippen molar-refractivity contribution in [3.05, 3.63) is 99.9 Å². The van der Waals surface area contributed by atoms with E-state index in [-0.39, 0.29) is 11.6 Å². The van der Waals surface area contributed by atoms with Gasteiger partial charge in [0.15, 0.2) is 5.82 Å². The summed E-state index contributed by atoms with van der Waals surface area (Å²) in [6.45, 7) is 5.53. The fourth-order valence-corrected chi connectivity index (χ4v) is 4.45. The number of pyridine rings is 1. The van der Waals surface area contributed by atoms with Crippen molar-refractivity contribution in [1.29, 1.82) is 0 Å². The van der Waals surface area contributed by atoms with Crippen molar-refractivity contribution in [1.82, 2.24) is 30.1 Å². The van der Waals surface area contributed by atoms with E-state index >= 15 is 0 Å². The summed E-state index contributed by atoms with van der Waals surface area (Å²) in [7, 11) is 0. The van der Waals surface area contributed by atoms with Crippen molar-refractivity contribution < 1.29 is 8.83 Å². The Morgan fingerprint density at radius 3 is 2.60 bits per heavy atom. The summed E-state index contributed by atoms with van der Waals surface area (Å²) >= 11 is 0. The molecule has 0 fully saturated rings. The molecule has 9 heteroatoms. The molecule has 4 aromatic heterocycles. The zero-order valence-corrected chi connectivity index (χ0v) is 19.8. The van der Waals surface area contributed by atoms with Gasteiger partial charge in [0.2, 0.25) is 0 Å². The Balaban J connectivity index is 1.53. The number of benzene rings is 1. The minimum Gasteiger partial charge on any atom is -0.468 e. The third-order valence-corrected chi connectivity index (χ3v) is 6.14.